The molecule has 1 aliphatic heterocycles. The molecule has 0 bridgehead atoms. The summed E-state index contributed by atoms with van der Waals surface area (Å²) in [5.74, 6) is 0.542. The Kier molecular flexibility index (Phi) is 5.44. The van der Waals surface area contributed by atoms with Crippen LogP contribution < -0.4 is 10.5 Å². The molecule has 1 aliphatic rings. The number of nitrogen functional groups attached to an aromatic ring is 1. The van der Waals surface area contributed by atoms with E-state index in [1.165, 1.54) is 4.31 Å². The predicted octanol–water partition coefficient (Wildman–Crippen LogP) is 0.682. The number of hydrogen-bond donors (Lipinski definition) is 2. The first kappa shape index (κ1) is 16.1. The van der Waals surface area contributed by atoms with Crippen molar-refractivity contribution in [2.24, 2.45) is 5.92 Å². The van der Waals surface area contributed by atoms with Crippen molar-refractivity contribution in [1.29, 1.82) is 0 Å². The van der Waals surface area contributed by atoms with Gasteiger partial charge in [0.05, 0.1) is 5.75 Å². The second-order valence-electron chi connectivity index (χ2n) is 5.29. The Hall–Kier alpha value is -1.31. The number of hydrogen-bond acceptors (Lipinski definition) is 5. The van der Waals surface area contributed by atoms with E-state index in [1.54, 1.807) is 24.3 Å². The average molecular weight is 314 g/mol. The van der Waals surface area contributed by atoms with E-state index in [1.807, 2.05) is 0 Å². The van der Waals surface area contributed by atoms with Gasteiger partial charge < -0.3 is 15.6 Å². The van der Waals surface area contributed by atoms with Gasteiger partial charge in [-0.2, -0.15) is 0 Å². The van der Waals surface area contributed by atoms with Crippen LogP contribution in [0.4, 0.5) is 5.69 Å². The van der Waals surface area contributed by atoms with Crippen molar-refractivity contribution in [3.05, 3.63) is 24.3 Å². The minimum atomic E-state index is -3.34. The molecule has 118 valence electrons. The lowest BCUT2D eigenvalue weighted by molar-refractivity contribution is 0.165. The normalized spacial score (nSPS) is 20.3. The molecule has 0 saturated carbocycles. The molecule has 0 aromatic heterocycles. The highest BCUT2D eigenvalue weighted by atomic mass is 32.2. The lowest BCUT2D eigenvalue weighted by Gasteiger charge is -2.30. The number of benzene rings is 1. The van der Waals surface area contributed by atoms with Crippen LogP contribution in [0, 0.1) is 5.92 Å². The lowest BCUT2D eigenvalue weighted by atomic mass is 10.0. The highest BCUT2D eigenvalue weighted by Crippen LogP contribution is 2.19. The average Bonchev–Trinajstić information content (AvgIpc) is 2.47. The molecular weight excluding hydrogens is 292 g/mol. The maximum Gasteiger partial charge on any atom is 0.217 e. The Balaban J connectivity index is 1.86. The second-order valence-corrected chi connectivity index (χ2v) is 7.37. The number of rotatable bonds is 6. The van der Waals surface area contributed by atoms with Gasteiger partial charge in [0.1, 0.15) is 12.4 Å². The molecule has 0 radical (unpaired) electrons. The first-order chi connectivity index (χ1) is 10.0. The van der Waals surface area contributed by atoms with Crippen molar-refractivity contribution < 1.29 is 18.3 Å². The van der Waals surface area contributed by atoms with Crippen molar-refractivity contribution in [3.63, 3.8) is 0 Å². The van der Waals surface area contributed by atoms with E-state index in [4.69, 9.17) is 15.6 Å². The number of nitrogens with zero attached hydrogens (tertiary/aromatic N) is 1. The van der Waals surface area contributed by atoms with Crippen molar-refractivity contribution in [2.45, 2.75) is 12.8 Å². The Morgan fingerprint density at radius 1 is 1.43 bits per heavy atom. The summed E-state index contributed by atoms with van der Waals surface area (Å²) in [6.45, 7) is 1.05. The summed E-state index contributed by atoms with van der Waals surface area (Å²) in [6.07, 6.45) is 1.67. The van der Waals surface area contributed by atoms with Gasteiger partial charge in [0.25, 0.3) is 0 Å². The third-order valence-corrected chi connectivity index (χ3v) is 5.40. The maximum atomic E-state index is 12.2. The van der Waals surface area contributed by atoms with Crippen LogP contribution in [0.25, 0.3) is 0 Å². The summed E-state index contributed by atoms with van der Waals surface area (Å²) in [4.78, 5) is 0. The highest BCUT2D eigenvalue weighted by Gasteiger charge is 2.28. The van der Waals surface area contributed by atoms with Gasteiger partial charge in [-0.05, 0) is 30.9 Å². The number of piperidine rings is 1. The summed E-state index contributed by atoms with van der Waals surface area (Å²) in [6, 6.07) is 6.91. The van der Waals surface area contributed by atoms with Crippen molar-refractivity contribution >= 4 is 15.7 Å². The van der Waals surface area contributed by atoms with Crippen LogP contribution >= 0.6 is 0 Å². The molecule has 1 fully saturated rings. The van der Waals surface area contributed by atoms with E-state index < -0.39 is 10.0 Å². The number of anilines is 1. The molecule has 0 amide bonds. The van der Waals surface area contributed by atoms with E-state index >= 15 is 0 Å². The van der Waals surface area contributed by atoms with Gasteiger partial charge in [0.15, 0.2) is 0 Å². The number of sulfonamides is 1. The number of aliphatic hydroxyl groups excluding tert-OH is 1. The summed E-state index contributed by atoms with van der Waals surface area (Å²) >= 11 is 0. The third-order valence-electron chi connectivity index (χ3n) is 3.60. The van der Waals surface area contributed by atoms with E-state index in [-0.39, 0.29) is 24.9 Å². The Morgan fingerprint density at radius 2 is 2.24 bits per heavy atom. The summed E-state index contributed by atoms with van der Waals surface area (Å²) < 4.78 is 31.4. The van der Waals surface area contributed by atoms with Gasteiger partial charge in [-0.25, -0.2) is 12.7 Å². The van der Waals surface area contributed by atoms with Crippen LogP contribution in [0.3, 0.4) is 0 Å². The Bertz CT molecular complexity index is 562. The smallest absolute Gasteiger partial charge is 0.217 e. The molecule has 0 aliphatic carbocycles. The van der Waals surface area contributed by atoms with Crippen LogP contribution in [0.1, 0.15) is 12.8 Å². The topological polar surface area (TPSA) is 92.9 Å². The molecule has 21 heavy (non-hydrogen) atoms. The third kappa shape index (κ3) is 4.59. The fourth-order valence-electron chi connectivity index (χ4n) is 2.43. The maximum absolute atomic E-state index is 12.2. The van der Waals surface area contributed by atoms with Crippen LogP contribution in [0.2, 0.25) is 0 Å². The predicted molar refractivity (Wildman–Crippen MR) is 81.5 cm³/mol. The van der Waals surface area contributed by atoms with Crippen molar-refractivity contribution in [2.75, 3.05) is 37.8 Å². The van der Waals surface area contributed by atoms with Crippen molar-refractivity contribution in [1.82, 2.24) is 4.31 Å². The number of aliphatic hydroxyl groups is 1. The molecule has 7 heteroatoms. The molecule has 1 heterocycles. The van der Waals surface area contributed by atoms with E-state index in [9.17, 15) is 8.42 Å². The van der Waals surface area contributed by atoms with E-state index in [0.29, 0.717) is 24.5 Å². The van der Waals surface area contributed by atoms with Crippen LogP contribution in [-0.2, 0) is 10.0 Å². The summed E-state index contributed by atoms with van der Waals surface area (Å²) in [5.41, 5.74) is 6.21. The fourth-order valence-corrected chi connectivity index (χ4v) is 3.82. The van der Waals surface area contributed by atoms with Gasteiger partial charge in [-0.3, -0.25) is 0 Å². The zero-order valence-electron chi connectivity index (χ0n) is 11.9. The zero-order valence-corrected chi connectivity index (χ0v) is 12.8. The monoisotopic (exact) mass is 314 g/mol. The summed E-state index contributed by atoms with van der Waals surface area (Å²) in [5, 5.41) is 9.17. The van der Waals surface area contributed by atoms with Gasteiger partial charge in [0.2, 0.25) is 10.0 Å². The summed E-state index contributed by atoms with van der Waals surface area (Å²) in [7, 11) is -3.34. The first-order valence-electron chi connectivity index (χ1n) is 7.08. The largest absolute Gasteiger partial charge is 0.492 e. The molecule has 6 nitrogen and oxygen atoms in total. The van der Waals surface area contributed by atoms with Gasteiger partial charge in [-0.1, -0.05) is 6.07 Å². The molecule has 1 unspecified atom stereocenters. The highest BCUT2D eigenvalue weighted by molar-refractivity contribution is 7.89. The van der Waals surface area contributed by atoms with Gasteiger partial charge >= 0.3 is 0 Å². The molecule has 1 saturated heterocycles. The molecule has 1 aromatic carbocycles. The lowest BCUT2D eigenvalue weighted by Crippen LogP contribution is -2.42. The standard InChI is InChI=1S/C14H22N2O4S/c15-13-4-1-5-14(9-13)20-7-8-21(18,19)16-6-2-3-12(10-16)11-17/h1,4-5,9,12,17H,2-3,6-8,10-11,15H2. The molecule has 1 aromatic rings. The molecule has 0 spiro atoms. The Morgan fingerprint density at radius 3 is 2.95 bits per heavy atom. The number of ether oxygens (including phenoxy) is 1. The number of nitrogens with two attached hydrogens (primary N) is 1. The van der Waals surface area contributed by atoms with Crippen LogP contribution in [0.15, 0.2) is 24.3 Å². The molecule has 1 atom stereocenters. The van der Waals surface area contributed by atoms with Gasteiger partial charge in [0, 0.05) is 31.5 Å². The second kappa shape index (κ2) is 7.11. The zero-order chi connectivity index (χ0) is 15.3. The van der Waals surface area contributed by atoms with Crippen LogP contribution in [-0.4, -0.2) is 49.9 Å². The SMILES string of the molecule is Nc1cccc(OCCS(=O)(=O)N2CCCC(CO)C2)c1. The van der Waals surface area contributed by atoms with Gasteiger partial charge in [-0.15, -0.1) is 0 Å². The minimum Gasteiger partial charge on any atom is -0.492 e. The van der Waals surface area contributed by atoms with Crippen LogP contribution in [0.5, 0.6) is 5.75 Å². The molecule has 3 N–H and O–H groups in total. The molecule has 2 rings (SSSR count). The Labute approximate surface area is 125 Å². The van der Waals surface area contributed by atoms with E-state index in [0.717, 1.165) is 12.8 Å². The van der Waals surface area contributed by atoms with Crippen molar-refractivity contribution in [3.8, 4) is 5.75 Å². The minimum absolute atomic E-state index is 0.0335. The van der Waals surface area contributed by atoms with E-state index in [2.05, 4.69) is 0 Å². The quantitative estimate of drug-likeness (QED) is 0.753. The molecular formula is C14H22N2O4S. The fraction of sp³-hybridized carbons (Fsp3) is 0.571. The first-order valence-corrected chi connectivity index (χ1v) is 8.69.